The Balaban J connectivity index is 0.879. The van der Waals surface area contributed by atoms with Crippen molar-refractivity contribution in [3.05, 3.63) is 315 Å². The molecule has 0 bridgehead atoms. The summed E-state index contributed by atoms with van der Waals surface area (Å²) in [5, 5.41) is 4.25. The lowest BCUT2D eigenvalue weighted by Crippen LogP contribution is -2.03. The van der Waals surface area contributed by atoms with Crippen LogP contribution in [0.3, 0.4) is 0 Å². The van der Waals surface area contributed by atoms with Gasteiger partial charge in [0.1, 0.15) is 5.82 Å². The van der Waals surface area contributed by atoms with Gasteiger partial charge in [0.05, 0.1) is 63.3 Å². The van der Waals surface area contributed by atoms with E-state index >= 15 is 0 Å². The van der Waals surface area contributed by atoms with Gasteiger partial charge in [0.2, 0.25) is 0 Å². The predicted octanol–water partition coefficient (Wildman–Crippen LogP) is 20.4. The van der Waals surface area contributed by atoms with Crippen LogP contribution >= 0.6 is 0 Å². The van der Waals surface area contributed by atoms with Crippen LogP contribution in [-0.4, -0.2) is 34.1 Å². The van der Waals surface area contributed by atoms with Crippen molar-refractivity contribution in [1.82, 2.24) is 34.1 Å². The van der Waals surface area contributed by atoms with Crippen LogP contribution in [0.5, 0.6) is 0 Å². The van der Waals surface area contributed by atoms with E-state index in [0.29, 0.717) is 11.5 Å². The maximum Gasteiger partial charge on any atom is 0.194 e. The fraction of sp³-hybridized carbons (Fsp3) is 0. The molecule has 7 heterocycles. The highest BCUT2D eigenvalue weighted by molar-refractivity contribution is 6.13. The van der Waals surface area contributed by atoms with Crippen LogP contribution in [-0.2, 0) is 0 Å². The van der Waals surface area contributed by atoms with Gasteiger partial charge in [-0.15, -0.1) is 0 Å². The molecule has 0 saturated carbocycles. The third kappa shape index (κ3) is 9.24. The molecule has 88 heavy (non-hydrogen) atoms. The van der Waals surface area contributed by atoms with Crippen LogP contribution in [0.2, 0.25) is 0 Å². The molecule has 8 nitrogen and oxygen atoms in total. The number of para-hydroxylation sites is 1. The summed E-state index contributed by atoms with van der Waals surface area (Å²) in [6.45, 7) is 8.56. The van der Waals surface area contributed by atoms with E-state index in [9.17, 15) is 0 Å². The van der Waals surface area contributed by atoms with Gasteiger partial charge in [0.25, 0.3) is 0 Å². The van der Waals surface area contributed by atoms with Gasteiger partial charge >= 0.3 is 0 Å². The molecular formula is C80H50N8. The summed E-state index contributed by atoms with van der Waals surface area (Å²) >= 11 is 0. The second-order valence-corrected chi connectivity index (χ2v) is 22.0. The number of nitrogens with zero attached hydrogens (tertiary/aromatic N) is 8. The Labute approximate surface area is 508 Å². The zero-order valence-corrected chi connectivity index (χ0v) is 47.4. The van der Waals surface area contributed by atoms with Crippen LogP contribution in [0.25, 0.3) is 161 Å². The third-order valence-electron chi connectivity index (χ3n) is 16.8. The Morgan fingerprint density at radius 2 is 0.568 bits per heavy atom. The molecule has 0 radical (unpaired) electrons. The summed E-state index contributed by atoms with van der Waals surface area (Å²) in [5.41, 5.74) is 23.2. The molecule has 0 unspecified atom stereocenters. The first kappa shape index (κ1) is 51.5. The van der Waals surface area contributed by atoms with Gasteiger partial charge in [0, 0.05) is 96.4 Å². The highest BCUT2D eigenvalue weighted by Gasteiger charge is 2.23. The van der Waals surface area contributed by atoms with Crippen molar-refractivity contribution in [3.8, 4) is 112 Å². The average Bonchev–Trinajstić information content (AvgIpc) is 1.80. The van der Waals surface area contributed by atoms with Crippen molar-refractivity contribution in [2.75, 3.05) is 0 Å². The van der Waals surface area contributed by atoms with Gasteiger partial charge in [-0.05, 0) is 107 Å². The monoisotopic (exact) mass is 1120 g/mol. The van der Waals surface area contributed by atoms with Gasteiger partial charge < -0.3 is 4.57 Å². The normalized spacial score (nSPS) is 11.4. The maximum atomic E-state index is 8.56. The first-order chi connectivity index (χ1) is 43.6. The Bertz CT molecular complexity index is 5050. The Morgan fingerprint density at radius 1 is 0.250 bits per heavy atom. The molecule has 410 valence electrons. The molecule has 0 spiro atoms. The SMILES string of the molecule is [C-]#[N+]c1ccccc1-c1cc(-n2c3ccc(-c4ccc(-c5ccccc5)nc4)cc3c3cc(-c4ccc(-c5ccccc5)nc4)ccc32)ncc1-n1c2ccc(-c3ccc(-c4ccccc4)nc3)cc2c2cc(-c3ccc(-c4ccccc4)nc3)ccc21. The minimum atomic E-state index is 0.541. The summed E-state index contributed by atoms with van der Waals surface area (Å²) in [4.78, 5) is 29.4. The van der Waals surface area contributed by atoms with E-state index in [4.69, 9.17) is 31.5 Å². The lowest BCUT2D eigenvalue weighted by Gasteiger charge is -2.17. The van der Waals surface area contributed by atoms with E-state index in [2.05, 4.69) is 196 Å². The van der Waals surface area contributed by atoms with Gasteiger partial charge in [-0.1, -0.05) is 194 Å². The van der Waals surface area contributed by atoms with Crippen LogP contribution in [0, 0.1) is 6.57 Å². The van der Waals surface area contributed by atoms with E-state index < -0.39 is 0 Å². The highest BCUT2D eigenvalue weighted by Crippen LogP contribution is 2.44. The molecule has 0 fully saturated rings. The maximum absolute atomic E-state index is 8.56. The van der Waals surface area contributed by atoms with Crippen LogP contribution in [0.1, 0.15) is 0 Å². The zero-order chi connectivity index (χ0) is 58.5. The fourth-order valence-corrected chi connectivity index (χ4v) is 12.4. The van der Waals surface area contributed by atoms with E-state index in [1.165, 1.54) is 0 Å². The highest BCUT2D eigenvalue weighted by atomic mass is 15.1. The average molecular weight is 1120 g/mol. The third-order valence-corrected chi connectivity index (χ3v) is 16.8. The van der Waals surface area contributed by atoms with E-state index in [1.54, 1.807) is 0 Å². The number of aromatic nitrogens is 7. The van der Waals surface area contributed by atoms with Crippen molar-refractivity contribution in [3.63, 3.8) is 0 Å². The summed E-state index contributed by atoms with van der Waals surface area (Å²) < 4.78 is 4.58. The van der Waals surface area contributed by atoms with Gasteiger partial charge in [0.15, 0.2) is 5.69 Å². The molecule has 0 N–H and O–H groups in total. The first-order valence-corrected chi connectivity index (χ1v) is 29.3. The minimum Gasteiger partial charge on any atom is -0.307 e. The van der Waals surface area contributed by atoms with Crippen LogP contribution < -0.4 is 0 Å². The minimum absolute atomic E-state index is 0.541. The molecule has 7 aromatic heterocycles. The quantitative estimate of drug-likeness (QED) is 0.121. The summed E-state index contributed by atoms with van der Waals surface area (Å²) in [7, 11) is 0. The molecule has 0 amide bonds. The molecule has 16 aromatic rings. The second-order valence-electron chi connectivity index (χ2n) is 22.0. The molecule has 16 rings (SSSR count). The Kier molecular flexibility index (Phi) is 12.7. The molecular weight excluding hydrogens is 1070 g/mol. The summed E-state index contributed by atoms with van der Waals surface area (Å²) in [6, 6.07) is 94.8. The molecule has 0 aliphatic carbocycles. The standard InChI is InChI=1S/C80H50N8/c1-81-74-25-15-14-24-64(74)69-46-80(88-77-40-32-58(62-28-36-72(84-49-62)54-20-10-4-11-21-54)44-67(77)68-45-59(33-41-78(68)88)63-29-37-73(85-50-63)55-22-12-5-13-23-55)86-51-79(69)87-75-38-30-56(60-26-34-70(82-47-60)52-16-6-2-7-17-52)42-65(75)66-43-57(31-39-76(66)87)61-27-35-71(83-48-61)53-18-8-3-9-19-53/h2-51H. The second kappa shape index (κ2) is 21.8. The number of hydrogen-bond donors (Lipinski definition) is 0. The Hall–Kier alpha value is -12.2. The number of rotatable bonds is 11. The summed E-state index contributed by atoms with van der Waals surface area (Å²) in [5.74, 6) is 0.713. The van der Waals surface area contributed by atoms with Crippen molar-refractivity contribution in [1.29, 1.82) is 0 Å². The molecule has 0 aliphatic heterocycles. The largest absolute Gasteiger partial charge is 0.307 e. The molecule has 0 atom stereocenters. The van der Waals surface area contributed by atoms with Crippen molar-refractivity contribution in [2.24, 2.45) is 0 Å². The molecule has 9 aromatic carbocycles. The zero-order valence-electron chi connectivity index (χ0n) is 47.4. The number of pyridine rings is 5. The van der Waals surface area contributed by atoms with Crippen molar-refractivity contribution in [2.45, 2.75) is 0 Å². The predicted molar refractivity (Wildman–Crippen MR) is 359 cm³/mol. The number of fused-ring (bicyclic) bond motifs is 6. The summed E-state index contributed by atoms with van der Waals surface area (Å²) in [6.07, 6.45) is 9.85. The van der Waals surface area contributed by atoms with Crippen molar-refractivity contribution < 1.29 is 0 Å². The van der Waals surface area contributed by atoms with E-state index in [-0.39, 0.29) is 0 Å². The van der Waals surface area contributed by atoms with Crippen LogP contribution in [0.15, 0.2) is 304 Å². The first-order valence-electron chi connectivity index (χ1n) is 29.3. The van der Waals surface area contributed by atoms with Gasteiger partial charge in [-0.2, -0.15) is 0 Å². The molecule has 8 heteroatoms. The van der Waals surface area contributed by atoms with Gasteiger partial charge in [-0.3, -0.25) is 24.5 Å². The number of hydrogen-bond acceptors (Lipinski definition) is 5. The molecule has 0 saturated heterocycles. The fourth-order valence-electron chi connectivity index (χ4n) is 12.4. The Morgan fingerprint density at radius 3 is 0.898 bits per heavy atom. The topological polar surface area (TPSA) is 78.7 Å². The number of benzene rings is 9. The van der Waals surface area contributed by atoms with Crippen LogP contribution in [0.4, 0.5) is 5.69 Å². The lowest BCUT2D eigenvalue weighted by atomic mass is 10.0. The smallest absolute Gasteiger partial charge is 0.194 e. The van der Waals surface area contributed by atoms with Crippen molar-refractivity contribution >= 4 is 49.3 Å². The van der Waals surface area contributed by atoms with Gasteiger partial charge in [-0.25, -0.2) is 9.83 Å². The lowest BCUT2D eigenvalue weighted by molar-refractivity contribution is 1.06. The van der Waals surface area contributed by atoms with E-state index in [1.807, 2.05) is 122 Å². The van der Waals surface area contributed by atoms with E-state index in [0.717, 1.165) is 150 Å². The molecule has 0 aliphatic rings.